The van der Waals surface area contributed by atoms with Crippen molar-refractivity contribution in [1.29, 1.82) is 0 Å². The van der Waals surface area contributed by atoms with Crippen LogP contribution in [0.2, 0.25) is 0 Å². The van der Waals surface area contributed by atoms with E-state index in [0.717, 1.165) is 25.9 Å². The van der Waals surface area contributed by atoms with Gasteiger partial charge in [-0.05, 0) is 32.9 Å². The van der Waals surface area contributed by atoms with Crippen molar-refractivity contribution < 1.29 is 9.53 Å². The first kappa shape index (κ1) is 9.52. The minimum Gasteiger partial charge on any atom is -0.466 e. The number of hydrogen-bond donors (Lipinski definition) is 0. The van der Waals surface area contributed by atoms with E-state index in [1.165, 1.54) is 0 Å². The Labute approximate surface area is 73.7 Å². The summed E-state index contributed by atoms with van der Waals surface area (Å²) in [5.74, 6) is 0.0774. The highest BCUT2D eigenvalue weighted by molar-refractivity contribution is 5.72. The van der Waals surface area contributed by atoms with Crippen LogP contribution in [0.5, 0.6) is 0 Å². The predicted octanol–water partition coefficient (Wildman–Crippen LogP) is 1.05. The van der Waals surface area contributed by atoms with E-state index in [-0.39, 0.29) is 11.9 Å². The second-order valence-corrected chi connectivity index (χ2v) is 3.14. The quantitative estimate of drug-likeness (QED) is 0.458. The van der Waals surface area contributed by atoms with E-state index < -0.39 is 0 Å². The fraction of sp³-hybridized carbons (Fsp3) is 0.778. The van der Waals surface area contributed by atoms with Crippen molar-refractivity contribution >= 4 is 5.97 Å². The first-order chi connectivity index (χ1) is 5.74. The van der Waals surface area contributed by atoms with Gasteiger partial charge < -0.3 is 9.64 Å². The average Bonchev–Trinajstić information content (AvgIpc) is 2.06. The topological polar surface area (TPSA) is 29.5 Å². The Hall–Kier alpha value is -0.570. The number of rotatable bonds is 2. The molecule has 1 aliphatic heterocycles. The van der Waals surface area contributed by atoms with Gasteiger partial charge in [0.1, 0.15) is 0 Å². The maximum absolute atomic E-state index is 11.2. The van der Waals surface area contributed by atoms with Crippen molar-refractivity contribution in [3.8, 4) is 0 Å². The van der Waals surface area contributed by atoms with Crippen LogP contribution in [-0.4, -0.2) is 30.6 Å². The van der Waals surface area contributed by atoms with Crippen molar-refractivity contribution in [2.75, 3.05) is 19.7 Å². The van der Waals surface area contributed by atoms with E-state index in [9.17, 15) is 4.79 Å². The maximum atomic E-state index is 11.2. The van der Waals surface area contributed by atoms with Crippen LogP contribution in [0.3, 0.4) is 0 Å². The van der Waals surface area contributed by atoms with E-state index in [4.69, 9.17) is 4.74 Å². The molecule has 0 unspecified atom stereocenters. The summed E-state index contributed by atoms with van der Waals surface area (Å²) in [6.07, 6.45) is 1.78. The van der Waals surface area contributed by atoms with E-state index in [1.807, 2.05) is 11.8 Å². The molecule has 1 heterocycles. The van der Waals surface area contributed by atoms with Crippen molar-refractivity contribution in [2.24, 2.45) is 5.92 Å². The van der Waals surface area contributed by atoms with E-state index in [1.54, 1.807) is 0 Å². The molecule has 0 aliphatic carbocycles. The smallest absolute Gasteiger partial charge is 0.309 e. The third-order valence-electron chi connectivity index (χ3n) is 2.21. The lowest BCUT2D eigenvalue weighted by atomic mass is 9.97. The fourth-order valence-corrected chi connectivity index (χ4v) is 1.43. The number of carbonyl (C=O) groups is 1. The molecule has 3 heteroatoms. The monoisotopic (exact) mass is 170 g/mol. The molecule has 70 valence electrons. The highest BCUT2D eigenvalue weighted by Crippen LogP contribution is 2.17. The van der Waals surface area contributed by atoms with Gasteiger partial charge in [-0.25, -0.2) is 0 Å². The molecule has 0 aromatic heterocycles. The normalized spacial score (nSPS) is 20.8. The van der Waals surface area contributed by atoms with Gasteiger partial charge in [0.25, 0.3) is 0 Å². The van der Waals surface area contributed by atoms with E-state index >= 15 is 0 Å². The van der Waals surface area contributed by atoms with Crippen LogP contribution in [0.4, 0.5) is 0 Å². The summed E-state index contributed by atoms with van der Waals surface area (Å²) in [5.41, 5.74) is 0. The zero-order valence-electron chi connectivity index (χ0n) is 7.58. The van der Waals surface area contributed by atoms with Crippen LogP contribution < -0.4 is 0 Å². The summed E-state index contributed by atoms with van der Waals surface area (Å²) >= 11 is 0. The molecule has 0 bridgehead atoms. The molecule has 1 saturated heterocycles. The average molecular weight is 170 g/mol. The van der Waals surface area contributed by atoms with Gasteiger partial charge in [-0.3, -0.25) is 11.8 Å². The van der Waals surface area contributed by atoms with Crippen LogP contribution in [0.25, 0.3) is 0 Å². The highest BCUT2D eigenvalue weighted by Gasteiger charge is 2.22. The molecule has 0 atom stereocenters. The van der Waals surface area contributed by atoms with Crippen LogP contribution in [-0.2, 0) is 9.53 Å². The van der Waals surface area contributed by atoms with E-state index in [2.05, 4.69) is 7.05 Å². The lowest BCUT2D eigenvalue weighted by Crippen LogP contribution is -2.33. The van der Waals surface area contributed by atoms with E-state index in [0.29, 0.717) is 6.61 Å². The minimum atomic E-state index is -0.0365. The molecule has 0 N–H and O–H groups in total. The largest absolute Gasteiger partial charge is 0.466 e. The van der Waals surface area contributed by atoms with Crippen LogP contribution >= 0.6 is 0 Å². The lowest BCUT2D eigenvalue weighted by molar-refractivity contribution is -0.149. The molecule has 12 heavy (non-hydrogen) atoms. The molecule has 0 amide bonds. The number of piperidine rings is 1. The number of nitrogens with zero attached hydrogens (tertiary/aromatic N) is 1. The molecule has 1 fully saturated rings. The van der Waals surface area contributed by atoms with Gasteiger partial charge in [-0.1, -0.05) is 0 Å². The summed E-state index contributed by atoms with van der Waals surface area (Å²) < 4.78 is 4.94. The van der Waals surface area contributed by atoms with Crippen molar-refractivity contribution in [2.45, 2.75) is 19.8 Å². The number of esters is 1. The Kier molecular flexibility index (Phi) is 3.53. The zero-order chi connectivity index (χ0) is 8.97. The Morgan fingerprint density at radius 2 is 2.17 bits per heavy atom. The summed E-state index contributed by atoms with van der Waals surface area (Å²) in [7, 11) is 3.82. The second kappa shape index (κ2) is 4.45. The maximum Gasteiger partial charge on any atom is 0.309 e. The molecular weight excluding hydrogens is 154 g/mol. The molecule has 3 nitrogen and oxygen atoms in total. The number of ether oxygens (including phenoxy) is 1. The van der Waals surface area contributed by atoms with Crippen molar-refractivity contribution in [3.05, 3.63) is 7.05 Å². The molecule has 1 rings (SSSR count). The number of carbonyl (C=O) groups excluding carboxylic acids is 1. The number of likely N-dealkylation sites (tertiary alicyclic amines) is 1. The molecule has 1 aliphatic rings. The predicted molar refractivity (Wildman–Crippen MR) is 46.3 cm³/mol. The lowest BCUT2D eigenvalue weighted by Gasteiger charge is -2.33. The molecular formula is C9H16NO2-. The molecule has 0 aromatic carbocycles. The summed E-state index contributed by atoms with van der Waals surface area (Å²) in [6, 6.07) is 0. The second-order valence-electron chi connectivity index (χ2n) is 3.14. The van der Waals surface area contributed by atoms with Gasteiger partial charge in [0.15, 0.2) is 0 Å². The van der Waals surface area contributed by atoms with Gasteiger partial charge in [-0.15, -0.1) is 0 Å². The Morgan fingerprint density at radius 3 is 2.67 bits per heavy atom. The zero-order valence-corrected chi connectivity index (χ0v) is 7.58. The van der Waals surface area contributed by atoms with Gasteiger partial charge in [0, 0.05) is 0 Å². The molecule has 0 spiro atoms. The van der Waals surface area contributed by atoms with Crippen molar-refractivity contribution in [1.82, 2.24) is 4.90 Å². The first-order valence-electron chi connectivity index (χ1n) is 4.46. The first-order valence-corrected chi connectivity index (χ1v) is 4.46. The molecule has 0 saturated carbocycles. The van der Waals surface area contributed by atoms with Gasteiger partial charge in [-0.2, -0.15) is 0 Å². The van der Waals surface area contributed by atoms with Crippen molar-refractivity contribution in [3.63, 3.8) is 0 Å². The summed E-state index contributed by atoms with van der Waals surface area (Å²) in [5, 5.41) is 0. The molecule has 0 aromatic rings. The Balaban J connectivity index is 2.29. The highest BCUT2D eigenvalue weighted by atomic mass is 16.5. The third-order valence-corrected chi connectivity index (χ3v) is 2.21. The SMILES string of the molecule is [CH2-]N1CCC(C(=O)OCC)CC1. The van der Waals surface area contributed by atoms with Crippen LogP contribution in [0.15, 0.2) is 0 Å². The Bertz CT molecular complexity index is 151. The third kappa shape index (κ3) is 2.48. The Morgan fingerprint density at radius 1 is 1.58 bits per heavy atom. The number of hydrogen-bond acceptors (Lipinski definition) is 3. The van der Waals surface area contributed by atoms with Crippen LogP contribution in [0.1, 0.15) is 19.8 Å². The van der Waals surface area contributed by atoms with Crippen LogP contribution in [0, 0.1) is 13.0 Å². The van der Waals surface area contributed by atoms with Gasteiger partial charge >= 0.3 is 5.97 Å². The fourth-order valence-electron chi connectivity index (χ4n) is 1.43. The summed E-state index contributed by atoms with van der Waals surface area (Å²) in [6.45, 7) is 4.14. The molecule has 0 radical (unpaired) electrons. The standard InChI is InChI=1S/C9H16NO2/c1-3-12-9(11)8-4-6-10(2)7-5-8/h8H,2-7H2,1H3/q-1. The van der Waals surface area contributed by atoms with Gasteiger partial charge in [0.05, 0.1) is 12.5 Å². The van der Waals surface area contributed by atoms with Gasteiger partial charge in [0.2, 0.25) is 0 Å². The minimum absolute atomic E-state index is 0.0365. The summed E-state index contributed by atoms with van der Waals surface area (Å²) in [4.78, 5) is 13.2.